The second kappa shape index (κ2) is 7.58. The number of ether oxygens (including phenoxy) is 1. The number of carbonyl (C=O) groups excluding carboxylic acids is 1. The van der Waals surface area contributed by atoms with Crippen molar-refractivity contribution >= 4 is 12.1 Å². The van der Waals surface area contributed by atoms with Gasteiger partial charge in [0.15, 0.2) is 6.61 Å². The van der Waals surface area contributed by atoms with Crippen LogP contribution in [0.1, 0.15) is 27.8 Å². The summed E-state index contributed by atoms with van der Waals surface area (Å²) in [5.41, 5.74) is 7.94. The molecule has 4 heteroatoms. The summed E-state index contributed by atoms with van der Waals surface area (Å²) in [6.45, 7) is 7.95. The van der Waals surface area contributed by atoms with E-state index < -0.39 is 0 Å². The molecular weight excluding hydrogens is 288 g/mol. The number of carbonyl (C=O) groups is 1. The number of benzene rings is 2. The molecule has 0 radical (unpaired) electrons. The highest BCUT2D eigenvalue weighted by Crippen LogP contribution is 2.15. The first-order chi connectivity index (χ1) is 10.9. The fourth-order valence-corrected chi connectivity index (χ4v) is 2.27. The van der Waals surface area contributed by atoms with Gasteiger partial charge in [-0.25, -0.2) is 5.43 Å². The van der Waals surface area contributed by atoms with Gasteiger partial charge in [-0.1, -0.05) is 29.8 Å². The van der Waals surface area contributed by atoms with Crippen LogP contribution in [0, 0.1) is 27.7 Å². The van der Waals surface area contributed by atoms with Gasteiger partial charge in [0.05, 0.1) is 6.21 Å². The lowest BCUT2D eigenvalue weighted by atomic mass is 10.1. The molecule has 2 aromatic carbocycles. The largest absolute Gasteiger partial charge is 0.484 e. The van der Waals surface area contributed by atoms with Crippen LogP contribution in [-0.4, -0.2) is 18.7 Å². The van der Waals surface area contributed by atoms with Gasteiger partial charge in [0.2, 0.25) is 0 Å². The van der Waals surface area contributed by atoms with Crippen molar-refractivity contribution in [1.82, 2.24) is 5.43 Å². The predicted molar refractivity (Wildman–Crippen MR) is 93.1 cm³/mol. The van der Waals surface area contributed by atoms with E-state index in [0.29, 0.717) is 5.75 Å². The van der Waals surface area contributed by atoms with E-state index in [2.05, 4.69) is 16.6 Å². The van der Waals surface area contributed by atoms with Crippen LogP contribution in [0.25, 0.3) is 0 Å². The Hall–Kier alpha value is -2.62. The van der Waals surface area contributed by atoms with E-state index in [9.17, 15) is 4.79 Å². The molecule has 0 saturated carbocycles. The molecule has 2 aromatic rings. The number of rotatable bonds is 5. The van der Waals surface area contributed by atoms with Gasteiger partial charge in [-0.05, 0) is 62.1 Å². The van der Waals surface area contributed by atoms with E-state index in [1.165, 1.54) is 0 Å². The Bertz CT molecular complexity index is 716. The van der Waals surface area contributed by atoms with Gasteiger partial charge in [-0.15, -0.1) is 0 Å². The molecule has 0 aliphatic carbocycles. The zero-order valence-corrected chi connectivity index (χ0v) is 14.0. The third-order valence-corrected chi connectivity index (χ3v) is 3.39. The summed E-state index contributed by atoms with van der Waals surface area (Å²) in [7, 11) is 0. The molecule has 120 valence electrons. The zero-order chi connectivity index (χ0) is 16.8. The molecule has 0 aliphatic rings. The Kier molecular flexibility index (Phi) is 5.52. The van der Waals surface area contributed by atoms with Gasteiger partial charge in [-0.2, -0.15) is 5.10 Å². The quantitative estimate of drug-likeness (QED) is 0.679. The molecule has 4 nitrogen and oxygen atoms in total. The number of nitrogens with one attached hydrogen (secondary N) is 1. The van der Waals surface area contributed by atoms with Crippen molar-refractivity contribution in [2.24, 2.45) is 5.10 Å². The molecule has 0 aliphatic heterocycles. The zero-order valence-electron chi connectivity index (χ0n) is 14.0. The molecule has 1 N–H and O–H groups in total. The summed E-state index contributed by atoms with van der Waals surface area (Å²) in [6, 6.07) is 12.0. The van der Waals surface area contributed by atoms with Crippen molar-refractivity contribution in [3.05, 3.63) is 64.2 Å². The molecule has 0 unspecified atom stereocenters. The number of nitrogens with zero attached hydrogens (tertiary/aromatic N) is 1. The second-order valence-electron chi connectivity index (χ2n) is 5.77. The standard InChI is InChI=1S/C19H22N2O2/c1-13-5-6-16(4)17(8-13)11-20-21-19(22)12-23-18-9-14(2)7-15(3)10-18/h5-11H,12H2,1-4H3,(H,21,22)/b20-11-. The van der Waals surface area contributed by atoms with Crippen molar-refractivity contribution < 1.29 is 9.53 Å². The van der Waals surface area contributed by atoms with E-state index in [-0.39, 0.29) is 12.5 Å². The van der Waals surface area contributed by atoms with E-state index in [1.54, 1.807) is 6.21 Å². The number of aryl methyl sites for hydroxylation is 4. The van der Waals surface area contributed by atoms with Crippen LogP contribution < -0.4 is 10.2 Å². The maximum Gasteiger partial charge on any atom is 0.277 e. The lowest BCUT2D eigenvalue weighted by Gasteiger charge is -2.07. The van der Waals surface area contributed by atoms with Crippen molar-refractivity contribution in [1.29, 1.82) is 0 Å². The fourth-order valence-electron chi connectivity index (χ4n) is 2.27. The maximum atomic E-state index is 11.8. The minimum atomic E-state index is -0.286. The van der Waals surface area contributed by atoms with Gasteiger partial charge in [0, 0.05) is 0 Å². The summed E-state index contributed by atoms with van der Waals surface area (Å²) >= 11 is 0. The Labute approximate surface area is 137 Å². The third kappa shape index (κ3) is 5.25. The molecular formula is C19H22N2O2. The minimum absolute atomic E-state index is 0.0625. The molecule has 2 rings (SSSR count). The Balaban J connectivity index is 1.87. The van der Waals surface area contributed by atoms with Gasteiger partial charge in [0.25, 0.3) is 5.91 Å². The molecule has 0 aromatic heterocycles. The average molecular weight is 310 g/mol. The summed E-state index contributed by atoms with van der Waals surface area (Å²) in [4.78, 5) is 11.8. The summed E-state index contributed by atoms with van der Waals surface area (Å²) < 4.78 is 5.49. The molecule has 23 heavy (non-hydrogen) atoms. The first-order valence-corrected chi connectivity index (χ1v) is 7.54. The first kappa shape index (κ1) is 16.7. The normalized spacial score (nSPS) is 10.8. The number of amides is 1. The predicted octanol–water partition coefficient (Wildman–Crippen LogP) is 3.45. The highest BCUT2D eigenvalue weighted by Gasteiger charge is 2.03. The van der Waals surface area contributed by atoms with Gasteiger partial charge in [0.1, 0.15) is 5.75 Å². The van der Waals surface area contributed by atoms with E-state index in [0.717, 1.165) is 27.8 Å². The smallest absolute Gasteiger partial charge is 0.277 e. The highest BCUT2D eigenvalue weighted by molar-refractivity contribution is 5.84. The lowest BCUT2D eigenvalue weighted by Crippen LogP contribution is -2.24. The van der Waals surface area contributed by atoms with Crippen LogP contribution in [0.15, 0.2) is 41.5 Å². The molecule has 0 bridgehead atoms. The van der Waals surface area contributed by atoms with Crippen LogP contribution >= 0.6 is 0 Å². The van der Waals surface area contributed by atoms with Gasteiger partial charge >= 0.3 is 0 Å². The molecule has 0 heterocycles. The van der Waals surface area contributed by atoms with Crippen LogP contribution in [0.4, 0.5) is 0 Å². The SMILES string of the molecule is Cc1cc(C)cc(OCC(=O)N/N=C\c2cc(C)ccc2C)c1. The number of hydrazone groups is 1. The van der Waals surface area contributed by atoms with E-state index in [4.69, 9.17) is 4.74 Å². The van der Waals surface area contributed by atoms with E-state index >= 15 is 0 Å². The second-order valence-corrected chi connectivity index (χ2v) is 5.77. The molecule has 0 fully saturated rings. The molecule has 0 spiro atoms. The van der Waals surface area contributed by atoms with Gasteiger partial charge < -0.3 is 4.74 Å². The lowest BCUT2D eigenvalue weighted by molar-refractivity contribution is -0.123. The molecule has 0 atom stereocenters. The summed E-state index contributed by atoms with van der Waals surface area (Å²) in [6.07, 6.45) is 1.65. The molecule has 1 amide bonds. The first-order valence-electron chi connectivity index (χ1n) is 7.54. The van der Waals surface area contributed by atoms with Crippen molar-refractivity contribution in [3.63, 3.8) is 0 Å². The number of hydrogen-bond donors (Lipinski definition) is 1. The van der Waals surface area contributed by atoms with Crippen molar-refractivity contribution in [2.45, 2.75) is 27.7 Å². The molecule has 0 saturated heterocycles. The van der Waals surface area contributed by atoms with Crippen LogP contribution in [0.3, 0.4) is 0 Å². The minimum Gasteiger partial charge on any atom is -0.484 e. The fraction of sp³-hybridized carbons (Fsp3) is 0.263. The monoisotopic (exact) mass is 310 g/mol. The Morgan fingerprint density at radius 2 is 1.74 bits per heavy atom. The van der Waals surface area contributed by atoms with Crippen molar-refractivity contribution in [3.8, 4) is 5.75 Å². The Morgan fingerprint density at radius 3 is 2.43 bits per heavy atom. The van der Waals surface area contributed by atoms with Crippen LogP contribution in [0.2, 0.25) is 0 Å². The Morgan fingerprint density at radius 1 is 1.04 bits per heavy atom. The maximum absolute atomic E-state index is 11.8. The summed E-state index contributed by atoms with van der Waals surface area (Å²) in [5.74, 6) is 0.405. The van der Waals surface area contributed by atoms with Crippen molar-refractivity contribution in [2.75, 3.05) is 6.61 Å². The summed E-state index contributed by atoms with van der Waals surface area (Å²) in [5, 5.41) is 3.99. The van der Waals surface area contributed by atoms with E-state index in [1.807, 2.05) is 58.0 Å². The topological polar surface area (TPSA) is 50.7 Å². The third-order valence-electron chi connectivity index (χ3n) is 3.39. The average Bonchev–Trinajstić information content (AvgIpc) is 2.48. The number of hydrogen-bond acceptors (Lipinski definition) is 3. The van der Waals surface area contributed by atoms with Crippen LogP contribution in [0.5, 0.6) is 5.75 Å². The van der Waals surface area contributed by atoms with Crippen LogP contribution in [-0.2, 0) is 4.79 Å². The highest BCUT2D eigenvalue weighted by atomic mass is 16.5. The van der Waals surface area contributed by atoms with Gasteiger partial charge in [-0.3, -0.25) is 4.79 Å².